The maximum atomic E-state index is 11.8. The average Bonchev–Trinajstić information content (AvgIpc) is 2.51. The zero-order chi connectivity index (χ0) is 15.7. The van der Waals surface area contributed by atoms with Gasteiger partial charge in [0.2, 0.25) is 0 Å². The van der Waals surface area contributed by atoms with Crippen molar-refractivity contribution in [2.45, 2.75) is 18.9 Å². The van der Waals surface area contributed by atoms with Crippen LogP contribution in [0.3, 0.4) is 0 Å². The Morgan fingerprint density at radius 1 is 1.24 bits per heavy atom. The van der Waals surface area contributed by atoms with Crippen LogP contribution >= 0.6 is 0 Å². The van der Waals surface area contributed by atoms with E-state index in [0.717, 1.165) is 0 Å². The number of urea groups is 1. The highest BCUT2D eigenvalue weighted by molar-refractivity contribution is 5.91. The Kier molecular flexibility index (Phi) is 6.66. The number of nitrogens with zero attached hydrogens (tertiary/aromatic N) is 1. The van der Waals surface area contributed by atoms with E-state index in [-0.39, 0.29) is 12.8 Å². The predicted octanol–water partition coefficient (Wildman–Crippen LogP) is 0.698. The van der Waals surface area contributed by atoms with Crippen molar-refractivity contribution in [3.8, 4) is 0 Å². The van der Waals surface area contributed by atoms with E-state index in [0.29, 0.717) is 5.82 Å². The molecule has 0 radical (unpaired) electrons. The standard InChI is InChI=1S/C13H17N3O5/c1-20-11(17)7-6-9(12(18)21-2)15-13(19)16-10-5-3-4-8-14-10/h3-5,8-9H,6-7H2,1-2H3,(H2,14,15,16,19). The van der Waals surface area contributed by atoms with E-state index in [9.17, 15) is 14.4 Å². The first-order valence-corrected chi connectivity index (χ1v) is 6.20. The smallest absolute Gasteiger partial charge is 0.328 e. The van der Waals surface area contributed by atoms with Gasteiger partial charge in [0, 0.05) is 12.6 Å². The van der Waals surface area contributed by atoms with Crippen LogP contribution in [0.25, 0.3) is 0 Å². The Morgan fingerprint density at radius 3 is 2.57 bits per heavy atom. The number of esters is 2. The van der Waals surface area contributed by atoms with Crippen molar-refractivity contribution in [1.29, 1.82) is 0 Å². The lowest BCUT2D eigenvalue weighted by Crippen LogP contribution is -2.44. The second-order valence-electron chi connectivity index (χ2n) is 4.00. The second kappa shape index (κ2) is 8.51. The van der Waals surface area contributed by atoms with E-state index in [1.165, 1.54) is 20.4 Å². The minimum atomic E-state index is -0.946. The third kappa shape index (κ3) is 5.89. The molecule has 1 atom stereocenters. The quantitative estimate of drug-likeness (QED) is 0.748. The number of methoxy groups -OCH3 is 2. The third-order valence-electron chi connectivity index (χ3n) is 2.56. The fourth-order valence-corrected chi connectivity index (χ4v) is 1.50. The molecular formula is C13H17N3O5. The van der Waals surface area contributed by atoms with Crippen LogP contribution in [0.2, 0.25) is 0 Å². The molecular weight excluding hydrogens is 278 g/mol. The predicted molar refractivity (Wildman–Crippen MR) is 73.4 cm³/mol. The van der Waals surface area contributed by atoms with Gasteiger partial charge in [-0.2, -0.15) is 0 Å². The Hall–Kier alpha value is -2.64. The molecule has 0 saturated heterocycles. The highest BCUT2D eigenvalue weighted by Gasteiger charge is 2.22. The van der Waals surface area contributed by atoms with Crippen molar-refractivity contribution in [2.24, 2.45) is 0 Å². The van der Waals surface area contributed by atoms with Crippen molar-refractivity contribution < 1.29 is 23.9 Å². The number of carbonyl (C=O) groups is 3. The van der Waals surface area contributed by atoms with Crippen LogP contribution in [0.1, 0.15) is 12.8 Å². The SMILES string of the molecule is COC(=O)CCC(NC(=O)Nc1ccccn1)C(=O)OC. The zero-order valence-electron chi connectivity index (χ0n) is 11.8. The third-order valence-corrected chi connectivity index (χ3v) is 2.56. The van der Waals surface area contributed by atoms with Gasteiger partial charge in [0.1, 0.15) is 11.9 Å². The number of aromatic nitrogens is 1. The number of ether oxygens (including phenoxy) is 2. The fourth-order valence-electron chi connectivity index (χ4n) is 1.50. The lowest BCUT2D eigenvalue weighted by Gasteiger charge is -2.16. The molecule has 0 aromatic carbocycles. The number of rotatable bonds is 6. The summed E-state index contributed by atoms with van der Waals surface area (Å²) < 4.78 is 9.07. The molecule has 1 aromatic rings. The number of anilines is 1. The molecule has 1 unspecified atom stereocenters. The van der Waals surface area contributed by atoms with Gasteiger partial charge in [-0.25, -0.2) is 14.6 Å². The van der Waals surface area contributed by atoms with Crippen LogP contribution in [0.4, 0.5) is 10.6 Å². The largest absolute Gasteiger partial charge is 0.469 e. The molecule has 0 fully saturated rings. The molecule has 8 nitrogen and oxygen atoms in total. The molecule has 1 aromatic heterocycles. The first-order chi connectivity index (χ1) is 10.1. The average molecular weight is 295 g/mol. The summed E-state index contributed by atoms with van der Waals surface area (Å²) in [5.41, 5.74) is 0. The Morgan fingerprint density at radius 2 is 2.00 bits per heavy atom. The van der Waals surface area contributed by atoms with E-state index in [2.05, 4.69) is 25.1 Å². The van der Waals surface area contributed by atoms with Gasteiger partial charge in [0.15, 0.2) is 0 Å². The van der Waals surface area contributed by atoms with Gasteiger partial charge in [-0.05, 0) is 18.6 Å². The number of carbonyl (C=O) groups excluding carboxylic acids is 3. The lowest BCUT2D eigenvalue weighted by molar-refractivity contribution is -0.144. The zero-order valence-corrected chi connectivity index (χ0v) is 11.8. The fraction of sp³-hybridized carbons (Fsp3) is 0.385. The van der Waals surface area contributed by atoms with Crippen LogP contribution in [-0.2, 0) is 19.1 Å². The molecule has 2 N–H and O–H groups in total. The molecule has 0 spiro atoms. The maximum absolute atomic E-state index is 11.8. The molecule has 0 bridgehead atoms. The van der Waals surface area contributed by atoms with Gasteiger partial charge in [0.05, 0.1) is 14.2 Å². The number of nitrogens with one attached hydrogen (secondary N) is 2. The first-order valence-electron chi connectivity index (χ1n) is 6.20. The number of pyridine rings is 1. The van der Waals surface area contributed by atoms with Gasteiger partial charge in [-0.3, -0.25) is 10.1 Å². The minimum absolute atomic E-state index is 0.0138. The molecule has 114 valence electrons. The van der Waals surface area contributed by atoms with Crippen LogP contribution in [0.5, 0.6) is 0 Å². The monoisotopic (exact) mass is 295 g/mol. The molecule has 0 saturated carbocycles. The van der Waals surface area contributed by atoms with Crippen LogP contribution < -0.4 is 10.6 Å². The van der Waals surface area contributed by atoms with E-state index >= 15 is 0 Å². The van der Waals surface area contributed by atoms with E-state index in [1.807, 2.05) is 0 Å². The molecule has 1 heterocycles. The Balaban J connectivity index is 2.57. The second-order valence-corrected chi connectivity index (χ2v) is 4.00. The lowest BCUT2D eigenvalue weighted by atomic mass is 10.1. The summed E-state index contributed by atoms with van der Waals surface area (Å²) >= 11 is 0. The summed E-state index contributed by atoms with van der Waals surface area (Å²) in [4.78, 5) is 38.3. The van der Waals surface area contributed by atoms with Gasteiger partial charge in [-0.1, -0.05) is 6.07 Å². The summed E-state index contributed by atoms with van der Waals surface area (Å²) in [5.74, 6) is -0.780. The summed E-state index contributed by atoms with van der Waals surface area (Å²) in [6.07, 6.45) is 1.58. The number of amides is 2. The van der Waals surface area contributed by atoms with Gasteiger partial charge in [-0.15, -0.1) is 0 Å². The van der Waals surface area contributed by atoms with Crippen LogP contribution in [-0.4, -0.2) is 43.2 Å². The first kappa shape index (κ1) is 16.4. The Bertz CT molecular complexity index is 492. The van der Waals surface area contributed by atoms with Crippen molar-refractivity contribution in [3.05, 3.63) is 24.4 Å². The van der Waals surface area contributed by atoms with Crippen LogP contribution in [0.15, 0.2) is 24.4 Å². The summed E-state index contributed by atoms with van der Waals surface area (Å²) in [6.45, 7) is 0. The molecule has 0 aliphatic carbocycles. The number of hydrogen-bond acceptors (Lipinski definition) is 6. The van der Waals surface area contributed by atoms with Crippen molar-refractivity contribution in [3.63, 3.8) is 0 Å². The molecule has 0 aliphatic rings. The molecule has 0 aliphatic heterocycles. The topological polar surface area (TPSA) is 107 Å². The molecule has 2 amide bonds. The minimum Gasteiger partial charge on any atom is -0.469 e. The maximum Gasteiger partial charge on any atom is 0.328 e. The summed E-state index contributed by atoms with van der Waals surface area (Å²) in [6, 6.07) is 3.45. The summed E-state index contributed by atoms with van der Waals surface area (Å²) in [7, 11) is 2.45. The summed E-state index contributed by atoms with van der Waals surface area (Å²) in [5, 5.41) is 4.89. The van der Waals surface area contributed by atoms with Crippen molar-refractivity contribution in [2.75, 3.05) is 19.5 Å². The highest BCUT2D eigenvalue weighted by atomic mass is 16.5. The molecule has 1 rings (SSSR count). The van der Waals surface area contributed by atoms with Crippen LogP contribution in [0, 0.1) is 0 Å². The van der Waals surface area contributed by atoms with Gasteiger partial charge >= 0.3 is 18.0 Å². The van der Waals surface area contributed by atoms with Gasteiger partial charge in [0.25, 0.3) is 0 Å². The Labute approximate surface area is 121 Å². The molecule has 21 heavy (non-hydrogen) atoms. The number of hydrogen-bond donors (Lipinski definition) is 2. The van der Waals surface area contributed by atoms with E-state index in [4.69, 9.17) is 0 Å². The van der Waals surface area contributed by atoms with E-state index < -0.39 is 24.0 Å². The highest BCUT2D eigenvalue weighted by Crippen LogP contribution is 2.03. The normalized spacial score (nSPS) is 11.1. The van der Waals surface area contributed by atoms with Gasteiger partial charge < -0.3 is 14.8 Å². The molecule has 8 heteroatoms. The van der Waals surface area contributed by atoms with Crippen molar-refractivity contribution in [1.82, 2.24) is 10.3 Å². The van der Waals surface area contributed by atoms with Crippen molar-refractivity contribution >= 4 is 23.8 Å². The van der Waals surface area contributed by atoms with E-state index in [1.54, 1.807) is 18.2 Å².